The van der Waals surface area contributed by atoms with E-state index < -0.39 is 11.1 Å². The minimum Gasteiger partial charge on any atom is -0.497 e. The maximum absolute atomic E-state index is 10.3. The molecule has 18 nitrogen and oxygen atoms in total. The lowest BCUT2D eigenvalue weighted by atomic mass is 9.93. The minimum absolute atomic E-state index is 0.00815. The number of nitrogens with two attached hydrogens (primary N) is 1. The van der Waals surface area contributed by atoms with Crippen LogP contribution in [0.5, 0.6) is 11.5 Å². The fourth-order valence-corrected chi connectivity index (χ4v) is 10.1. The Kier molecular flexibility index (Phi) is 19.0. The molecule has 2 saturated heterocycles. The number of aromatic nitrogens is 8. The summed E-state index contributed by atoms with van der Waals surface area (Å²) < 4.78 is 10.9. The Morgan fingerprint density at radius 2 is 1.10 bits per heavy atom. The fourth-order valence-electron chi connectivity index (χ4n) is 10.1. The van der Waals surface area contributed by atoms with Gasteiger partial charge in [0, 0.05) is 88.4 Å². The SMILES string of the molecule is CCCCC(C)(CO)Nc1nc(N)nc2cc(-c3ccc(C4CCN(C)CC4)nc3)cnc12.CCCCC(C)(CO)Nc1nc(NCc2ccc(OC)cc2OC)nc2cc(-c3ccc(C4CCN(C)CC4)nc3)cnc12. The summed E-state index contributed by atoms with van der Waals surface area (Å²) in [6.07, 6.45) is 17.8. The van der Waals surface area contributed by atoms with Gasteiger partial charge in [-0.2, -0.15) is 9.97 Å². The largest absolute Gasteiger partial charge is 0.497 e. The number of nitrogen functional groups attached to an aromatic ring is 1. The van der Waals surface area contributed by atoms with E-state index in [1.165, 1.54) is 0 Å². The van der Waals surface area contributed by atoms with Crippen LogP contribution < -0.4 is 31.2 Å². The Morgan fingerprint density at radius 3 is 1.56 bits per heavy atom. The molecule has 2 aliphatic heterocycles. The Morgan fingerprint density at radius 1 is 0.610 bits per heavy atom. The van der Waals surface area contributed by atoms with Gasteiger partial charge in [-0.05, 0) is 129 Å². The molecular formula is C59H80N14O4. The van der Waals surface area contributed by atoms with Crippen molar-refractivity contribution in [1.29, 1.82) is 0 Å². The van der Waals surface area contributed by atoms with Crippen LogP contribution in [0.1, 0.15) is 121 Å². The van der Waals surface area contributed by atoms with E-state index in [2.05, 4.69) is 92.9 Å². The van der Waals surface area contributed by atoms with Crippen molar-refractivity contribution in [3.63, 3.8) is 0 Å². The van der Waals surface area contributed by atoms with Crippen molar-refractivity contribution in [3.8, 4) is 33.8 Å². The number of benzene rings is 1. The molecule has 2 fully saturated rings. The van der Waals surface area contributed by atoms with Crippen LogP contribution in [0.15, 0.2) is 79.4 Å². The number of aliphatic hydroxyl groups excluding tert-OH is 2. The molecule has 2 unspecified atom stereocenters. The quantitative estimate of drug-likeness (QED) is 0.0393. The molecule has 77 heavy (non-hydrogen) atoms. The van der Waals surface area contributed by atoms with Crippen molar-refractivity contribution in [2.45, 2.75) is 121 Å². The number of hydrogen-bond acceptors (Lipinski definition) is 18. The Bertz CT molecular complexity index is 3020. The molecule has 410 valence electrons. The number of rotatable bonds is 21. The van der Waals surface area contributed by atoms with Gasteiger partial charge in [0.1, 0.15) is 22.5 Å². The molecule has 7 N–H and O–H groups in total. The van der Waals surface area contributed by atoms with Crippen molar-refractivity contribution >= 4 is 45.6 Å². The maximum Gasteiger partial charge on any atom is 0.225 e. The van der Waals surface area contributed by atoms with Crippen LogP contribution in [-0.4, -0.2) is 139 Å². The normalized spacial score (nSPS) is 16.3. The molecule has 1 aromatic carbocycles. The van der Waals surface area contributed by atoms with Gasteiger partial charge in [-0.15, -0.1) is 0 Å². The molecule has 7 aromatic rings. The van der Waals surface area contributed by atoms with Crippen LogP contribution in [0.2, 0.25) is 0 Å². The van der Waals surface area contributed by atoms with Crippen molar-refractivity contribution in [1.82, 2.24) is 49.7 Å². The van der Waals surface area contributed by atoms with Crippen molar-refractivity contribution in [2.75, 3.05) is 89.4 Å². The van der Waals surface area contributed by atoms with Gasteiger partial charge < -0.3 is 51.2 Å². The molecule has 0 spiro atoms. The minimum atomic E-state index is -0.554. The summed E-state index contributed by atoms with van der Waals surface area (Å²) in [5.74, 6) is 4.22. The van der Waals surface area contributed by atoms with Crippen LogP contribution in [0.3, 0.4) is 0 Å². The molecule has 8 heterocycles. The summed E-state index contributed by atoms with van der Waals surface area (Å²) in [5, 5.41) is 30.5. The van der Waals surface area contributed by atoms with Gasteiger partial charge in [-0.3, -0.25) is 19.9 Å². The third-order valence-corrected chi connectivity index (χ3v) is 15.2. The van der Waals surface area contributed by atoms with E-state index in [0.29, 0.717) is 63.8 Å². The molecule has 0 radical (unpaired) electrons. The predicted molar refractivity (Wildman–Crippen MR) is 309 cm³/mol. The average Bonchev–Trinajstić information content (AvgIpc) is 3.46. The number of unbranched alkanes of at least 4 members (excludes halogenated alkanes) is 2. The Balaban J connectivity index is 0.000000212. The number of nitrogens with one attached hydrogen (secondary N) is 3. The lowest BCUT2D eigenvalue weighted by Gasteiger charge is -2.29. The molecule has 0 saturated carbocycles. The molecule has 2 atom stereocenters. The first-order valence-electron chi connectivity index (χ1n) is 27.4. The second kappa shape index (κ2) is 26.0. The van der Waals surface area contributed by atoms with Crippen LogP contribution in [0, 0.1) is 0 Å². The zero-order valence-electron chi connectivity index (χ0n) is 46.4. The molecule has 0 bridgehead atoms. The zero-order chi connectivity index (χ0) is 54.5. The number of piperidine rings is 2. The van der Waals surface area contributed by atoms with Gasteiger partial charge in [0.2, 0.25) is 11.9 Å². The number of aliphatic hydroxyl groups is 2. The third kappa shape index (κ3) is 14.4. The molecular weight excluding hydrogens is 969 g/mol. The monoisotopic (exact) mass is 1050 g/mol. The van der Waals surface area contributed by atoms with Crippen LogP contribution in [-0.2, 0) is 6.54 Å². The van der Waals surface area contributed by atoms with Crippen molar-refractivity contribution in [2.24, 2.45) is 0 Å². The summed E-state index contributed by atoms with van der Waals surface area (Å²) in [5.41, 5.74) is 14.7. The molecule has 0 aliphatic carbocycles. The lowest BCUT2D eigenvalue weighted by molar-refractivity contribution is 0.212. The number of methoxy groups -OCH3 is 2. The van der Waals surface area contributed by atoms with E-state index in [0.717, 1.165) is 135 Å². The van der Waals surface area contributed by atoms with E-state index in [-0.39, 0.29) is 19.2 Å². The summed E-state index contributed by atoms with van der Waals surface area (Å²) in [7, 11) is 7.62. The summed E-state index contributed by atoms with van der Waals surface area (Å²) in [6, 6.07) is 18.2. The molecule has 6 aromatic heterocycles. The third-order valence-electron chi connectivity index (χ3n) is 15.2. The van der Waals surface area contributed by atoms with E-state index in [1.807, 2.05) is 69.0 Å². The summed E-state index contributed by atoms with van der Waals surface area (Å²) in [6.45, 7) is 13.1. The highest BCUT2D eigenvalue weighted by molar-refractivity contribution is 5.90. The standard InChI is InChI=1S/C34H45N7O3.C25H35N7O/c1-6-7-14-34(2,22-42)40-32-31-29(38-33(39-32)37-20-25-8-10-27(43-4)18-30(25)44-5)17-26(21-36-31)24-9-11-28(35-19-24)23-12-15-41(3)16-13-23;1-4-5-10-25(2,16-33)31-23-22-21(29-24(26)30-23)13-19(15-28-22)18-6-7-20(27-14-18)17-8-11-32(3)12-9-17/h8-11,17-19,21,23,42H,6-7,12-16,20,22H2,1-5H3,(H2,37,38,39,40);6-7,13-15,17,33H,4-5,8-12,16H2,1-3H3,(H3,26,29,30,31). The first kappa shape index (κ1) is 56.3. The molecule has 9 rings (SSSR count). The summed E-state index contributed by atoms with van der Waals surface area (Å²) >= 11 is 0. The van der Waals surface area contributed by atoms with Crippen LogP contribution in [0.25, 0.3) is 44.3 Å². The highest BCUT2D eigenvalue weighted by Gasteiger charge is 2.27. The van der Waals surface area contributed by atoms with Crippen LogP contribution in [0.4, 0.5) is 23.5 Å². The second-order valence-electron chi connectivity index (χ2n) is 21.5. The van der Waals surface area contributed by atoms with Gasteiger partial charge in [0.15, 0.2) is 11.6 Å². The Hall–Kier alpha value is -6.86. The average molecular weight is 1050 g/mol. The second-order valence-corrected chi connectivity index (χ2v) is 21.5. The van der Waals surface area contributed by atoms with Gasteiger partial charge in [0.05, 0.1) is 49.5 Å². The van der Waals surface area contributed by atoms with Gasteiger partial charge >= 0.3 is 0 Å². The number of ether oxygens (including phenoxy) is 2. The number of nitrogens with zero attached hydrogens (tertiary/aromatic N) is 10. The van der Waals surface area contributed by atoms with E-state index in [9.17, 15) is 10.2 Å². The van der Waals surface area contributed by atoms with Gasteiger partial charge in [-0.25, -0.2) is 9.97 Å². The fraction of sp³-hybridized carbons (Fsp3) is 0.492. The first-order chi connectivity index (χ1) is 37.2. The van der Waals surface area contributed by atoms with Gasteiger partial charge in [0.25, 0.3) is 0 Å². The molecule has 0 amide bonds. The molecule has 2 aliphatic rings. The van der Waals surface area contributed by atoms with E-state index >= 15 is 0 Å². The van der Waals surface area contributed by atoms with E-state index in [1.54, 1.807) is 14.2 Å². The number of anilines is 4. The van der Waals surface area contributed by atoms with Crippen molar-refractivity contribution < 1.29 is 19.7 Å². The summed E-state index contributed by atoms with van der Waals surface area (Å²) in [4.78, 5) is 42.3. The smallest absolute Gasteiger partial charge is 0.225 e. The van der Waals surface area contributed by atoms with Crippen molar-refractivity contribution in [3.05, 3.63) is 96.3 Å². The number of hydrogen-bond donors (Lipinski definition) is 6. The number of fused-ring (bicyclic) bond motifs is 2. The highest BCUT2D eigenvalue weighted by Crippen LogP contribution is 2.34. The molecule has 18 heteroatoms. The highest BCUT2D eigenvalue weighted by atomic mass is 16.5. The first-order valence-corrected chi connectivity index (χ1v) is 27.4. The topological polar surface area (TPSA) is 231 Å². The van der Waals surface area contributed by atoms with Crippen LogP contribution >= 0.6 is 0 Å². The van der Waals surface area contributed by atoms with Gasteiger partial charge in [-0.1, -0.05) is 51.7 Å². The number of pyridine rings is 4. The predicted octanol–water partition coefficient (Wildman–Crippen LogP) is 9.71. The Labute approximate surface area is 454 Å². The maximum atomic E-state index is 10.3. The zero-order valence-corrected chi connectivity index (χ0v) is 46.4. The lowest BCUT2D eigenvalue weighted by Crippen LogP contribution is -2.39. The van der Waals surface area contributed by atoms with E-state index in [4.69, 9.17) is 40.1 Å². The number of likely N-dealkylation sites (tertiary alicyclic amines) is 2.